The zero-order valence-corrected chi connectivity index (χ0v) is 12.8. The molecule has 21 heavy (non-hydrogen) atoms. The van der Waals surface area contributed by atoms with Gasteiger partial charge in [0, 0.05) is 16.2 Å². The van der Waals surface area contributed by atoms with Crippen LogP contribution in [0.3, 0.4) is 0 Å². The van der Waals surface area contributed by atoms with Crippen LogP contribution < -0.4 is 5.32 Å². The molecule has 1 aromatic carbocycles. The minimum atomic E-state index is -0.912. The molecule has 0 aromatic heterocycles. The second-order valence-corrected chi connectivity index (χ2v) is 7.12. The molecule has 0 aliphatic heterocycles. The van der Waals surface area contributed by atoms with Crippen LogP contribution in [0.2, 0.25) is 0 Å². The van der Waals surface area contributed by atoms with E-state index in [0.717, 1.165) is 18.6 Å². The van der Waals surface area contributed by atoms with Crippen LogP contribution in [0.1, 0.15) is 33.1 Å². The van der Waals surface area contributed by atoms with Crippen molar-refractivity contribution in [1.82, 2.24) is 5.32 Å². The molecule has 2 N–H and O–H groups in total. The summed E-state index contributed by atoms with van der Waals surface area (Å²) < 4.78 is 26.1. The second kappa shape index (κ2) is 6.32. The maximum atomic E-state index is 13.2. The molecule has 1 aromatic rings. The Balaban J connectivity index is 2.06. The highest BCUT2D eigenvalue weighted by molar-refractivity contribution is 8.00. The third kappa shape index (κ3) is 3.74. The summed E-state index contributed by atoms with van der Waals surface area (Å²) in [6.07, 6.45) is 1.75. The topological polar surface area (TPSA) is 49.3 Å². The summed E-state index contributed by atoms with van der Waals surface area (Å²) in [6, 6.07) is 3.87. The molecule has 116 valence electrons. The predicted octanol–water partition coefficient (Wildman–Crippen LogP) is 3.43. The Bertz CT molecular complexity index is 538. The number of nitrogens with one attached hydrogen (secondary N) is 1. The average Bonchev–Trinajstić information content (AvgIpc) is 2.77. The van der Waals surface area contributed by atoms with Crippen LogP contribution in [0.15, 0.2) is 23.1 Å². The number of rotatable bonds is 5. The van der Waals surface area contributed by atoms with Crippen molar-refractivity contribution in [2.24, 2.45) is 0 Å². The Kier molecular flexibility index (Phi) is 4.88. The molecule has 3 nitrogen and oxygen atoms in total. The van der Waals surface area contributed by atoms with Gasteiger partial charge in [-0.2, -0.15) is 0 Å². The maximum absolute atomic E-state index is 13.2. The number of carbonyl (C=O) groups is 1. The van der Waals surface area contributed by atoms with Crippen molar-refractivity contribution < 1.29 is 18.7 Å². The number of carboxylic acid groups (broad SMARTS) is 1. The van der Waals surface area contributed by atoms with Crippen LogP contribution >= 0.6 is 11.8 Å². The molecule has 1 aliphatic rings. The molecule has 0 heterocycles. The third-order valence-electron chi connectivity index (χ3n) is 3.64. The number of aliphatic carboxylic acids is 1. The normalized spacial score (nSPS) is 25.5. The van der Waals surface area contributed by atoms with Crippen LogP contribution in [0.4, 0.5) is 8.78 Å². The molecule has 0 bridgehead atoms. The molecule has 2 unspecified atom stereocenters. The first kappa shape index (κ1) is 16.2. The van der Waals surface area contributed by atoms with Crippen LogP contribution in [0, 0.1) is 11.6 Å². The van der Waals surface area contributed by atoms with Crippen molar-refractivity contribution in [3.63, 3.8) is 0 Å². The number of halogens is 2. The fourth-order valence-corrected chi connectivity index (χ4v) is 4.09. The summed E-state index contributed by atoms with van der Waals surface area (Å²) in [4.78, 5) is 12.2. The molecule has 1 aliphatic carbocycles. The van der Waals surface area contributed by atoms with E-state index in [-0.39, 0.29) is 11.3 Å². The van der Waals surface area contributed by atoms with E-state index in [2.05, 4.69) is 5.32 Å². The van der Waals surface area contributed by atoms with Crippen molar-refractivity contribution in [3.8, 4) is 0 Å². The van der Waals surface area contributed by atoms with Crippen LogP contribution in [-0.2, 0) is 4.79 Å². The number of carboxylic acids is 1. The standard InChI is InChI=1S/C15H19F2NO2S/c1-9(2)18-15(14(19)20)6-5-11(8-15)21-10-3-4-12(16)13(17)7-10/h3-4,7,9,11,18H,5-6,8H2,1-2H3,(H,19,20). The highest BCUT2D eigenvalue weighted by atomic mass is 32.2. The minimum Gasteiger partial charge on any atom is -0.480 e. The van der Waals surface area contributed by atoms with Gasteiger partial charge in [0.2, 0.25) is 0 Å². The van der Waals surface area contributed by atoms with E-state index in [4.69, 9.17) is 0 Å². The van der Waals surface area contributed by atoms with Gasteiger partial charge in [0.05, 0.1) is 0 Å². The zero-order valence-electron chi connectivity index (χ0n) is 12.0. The summed E-state index contributed by atoms with van der Waals surface area (Å²) in [5, 5.41) is 12.7. The molecule has 0 amide bonds. The maximum Gasteiger partial charge on any atom is 0.323 e. The molecule has 0 saturated heterocycles. The zero-order chi connectivity index (χ0) is 15.6. The fourth-order valence-electron chi connectivity index (χ4n) is 2.78. The number of benzene rings is 1. The van der Waals surface area contributed by atoms with Crippen LogP contribution in [0.5, 0.6) is 0 Å². The van der Waals surface area contributed by atoms with Crippen molar-refractivity contribution in [3.05, 3.63) is 29.8 Å². The predicted molar refractivity (Wildman–Crippen MR) is 78.5 cm³/mol. The molecule has 0 radical (unpaired) electrons. The highest BCUT2D eigenvalue weighted by Gasteiger charge is 2.45. The smallest absolute Gasteiger partial charge is 0.323 e. The molecular weight excluding hydrogens is 296 g/mol. The monoisotopic (exact) mass is 315 g/mol. The molecule has 2 rings (SSSR count). The molecule has 2 atom stereocenters. The number of hydrogen-bond acceptors (Lipinski definition) is 3. The Hall–Kier alpha value is -1.14. The highest BCUT2D eigenvalue weighted by Crippen LogP contribution is 2.41. The Morgan fingerprint density at radius 1 is 1.43 bits per heavy atom. The van der Waals surface area contributed by atoms with E-state index in [1.807, 2.05) is 13.8 Å². The van der Waals surface area contributed by atoms with Gasteiger partial charge in [-0.15, -0.1) is 11.8 Å². The van der Waals surface area contributed by atoms with E-state index < -0.39 is 23.1 Å². The average molecular weight is 315 g/mol. The lowest BCUT2D eigenvalue weighted by Crippen LogP contribution is -2.53. The van der Waals surface area contributed by atoms with Crippen LogP contribution in [0.25, 0.3) is 0 Å². The van der Waals surface area contributed by atoms with E-state index in [0.29, 0.717) is 17.7 Å². The summed E-state index contributed by atoms with van der Waals surface area (Å²) in [7, 11) is 0. The number of hydrogen-bond donors (Lipinski definition) is 2. The first-order chi connectivity index (χ1) is 9.82. The van der Waals surface area contributed by atoms with Gasteiger partial charge in [-0.05, 0) is 51.3 Å². The second-order valence-electron chi connectivity index (χ2n) is 5.74. The van der Waals surface area contributed by atoms with Gasteiger partial charge in [0.15, 0.2) is 11.6 Å². The van der Waals surface area contributed by atoms with Crippen molar-refractivity contribution in [2.45, 2.75) is 54.8 Å². The number of thioether (sulfide) groups is 1. The largest absolute Gasteiger partial charge is 0.480 e. The van der Waals surface area contributed by atoms with Gasteiger partial charge >= 0.3 is 5.97 Å². The Morgan fingerprint density at radius 2 is 2.14 bits per heavy atom. The first-order valence-electron chi connectivity index (χ1n) is 6.95. The van der Waals surface area contributed by atoms with Gasteiger partial charge < -0.3 is 5.11 Å². The van der Waals surface area contributed by atoms with Crippen molar-refractivity contribution in [2.75, 3.05) is 0 Å². The van der Waals surface area contributed by atoms with Crippen molar-refractivity contribution in [1.29, 1.82) is 0 Å². The molecule has 0 spiro atoms. The SMILES string of the molecule is CC(C)NC1(C(=O)O)CCC(Sc2ccc(F)c(F)c2)C1. The van der Waals surface area contributed by atoms with E-state index in [1.165, 1.54) is 17.8 Å². The quantitative estimate of drug-likeness (QED) is 0.874. The summed E-state index contributed by atoms with van der Waals surface area (Å²) in [6.45, 7) is 3.83. The molecule has 6 heteroatoms. The summed E-state index contributed by atoms with van der Waals surface area (Å²) in [5.41, 5.74) is -0.912. The summed E-state index contributed by atoms with van der Waals surface area (Å²) in [5.74, 6) is -2.58. The molecule has 1 fully saturated rings. The van der Waals surface area contributed by atoms with E-state index in [1.54, 1.807) is 0 Å². The van der Waals surface area contributed by atoms with Gasteiger partial charge in [-0.3, -0.25) is 10.1 Å². The van der Waals surface area contributed by atoms with Crippen molar-refractivity contribution >= 4 is 17.7 Å². The Morgan fingerprint density at radius 3 is 2.71 bits per heavy atom. The van der Waals surface area contributed by atoms with Gasteiger partial charge in [0.25, 0.3) is 0 Å². The lowest BCUT2D eigenvalue weighted by Gasteiger charge is -2.28. The lowest BCUT2D eigenvalue weighted by atomic mass is 9.97. The Labute approximate surface area is 127 Å². The van der Waals surface area contributed by atoms with Gasteiger partial charge in [0.1, 0.15) is 5.54 Å². The third-order valence-corrected chi connectivity index (χ3v) is 4.90. The van der Waals surface area contributed by atoms with Crippen LogP contribution in [-0.4, -0.2) is 27.9 Å². The fraction of sp³-hybridized carbons (Fsp3) is 0.533. The van der Waals surface area contributed by atoms with Gasteiger partial charge in [-0.1, -0.05) is 0 Å². The summed E-state index contributed by atoms with van der Waals surface area (Å²) >= 11 is 1.41. The first-order valence-corrected chi connectivity index (χ1v) is 7.83. The lowest BCUT2D eigenvalue weighted by molar-refractivity contribution is -0.145. The van der Waals surface area contributed by atoms with E-state index in [9.17, 15) is 18.7 Å². The minimum absolute atomic E-state index is 0.0770. The van der Waals surface area contributed by atoms with Gasteiger partial charge in [-0.25, -0.2) is 8.78 Å². The molecule has 1 saturated carbocycles. The molecular formula is C15H19F2NO2S. The van der Waals surface area contributed by atoms with E-state index >= 15 is 0 Å².